The Morgan fingerprint density at radius 1 is 1.00 bits per heavy atom. The molecular weight excluding hydrogens is 310 g/mol. The molecule has 3 aromatic rings. The van der Waals surface area contributed by atoms with Crippen molar-refractivity contribution in [3.63, 3.8) is 0 Å². The number of fused-ring (bicyclic) bond motifs is 1. The van der Waals surface area contributed by atoms with E-state index in [1.54, 1.807) is 0 Å². The van der Waals surface area contributed by atoms with Crippen molar-refractivity contribution < 1.29 is 9.15 Å². The fourth-order valence-corrected chi connectivity index (χ4v) is 2.85. The van der Waals surface area contributed by atoms with Crippen molar-refractivity contribution in [1.82, 2.24) is 0 Å². The monoisotopic (exact) mass is 337 g/mol. The van der Waals surface area contributed by atoms with Gasteiger partial charge in [-0.25, -0.2) is 0 Å². The molecule has 0 spiro atoms. The van der Waals surface area contributed by atoms with Crippen LogP contribution in [0.4, 0.5) is 0 Å². The van der Waals surface area contributed by atoms with Gasteiger partial charge in [-0.1, -0.05) is 37.6 Å². The van der Waals surface area contributed by atoms with Crippen LogP contribution in [0.25, 0.3) is 11.0 Å². The van der Waals surface area contributed by atoms with E-state index in [4.69, 9.17) is 14.9 Å². The maximum atomic E-state index is 5.90. The van der Waals surface area contributed by atoms with Crippen molar-refractivity contribution in [1.29, 1.82) is 0 Å². The number of furan rings is 1. The highest BCUT2D eigenvalue weighted by Gasteiger charge is 2.08. The van der Waals surface area contributed by atoms with Gasteiger partial charge in [-0.15, -0.1) is 0 Å². The highest BCUT2D eigenvalue weighted by molar-refractivity contribution is 5.78. The molecule has 1 atom stereocenters. The Bertz CT molecular complexity index is 803. The van der Waals surface area contributed by atoms with E-state index < -0.39 is 0 Å². The summed E-state index contributed by atoms with van der Waals surface area (Å²) in [5.74, 6) is 1.79. The summed E-state index contributed by atoms with van der Waals surface area (Å²) in [4.78, 5) is 0. The maximum absolute atomic E-state index is 5.90. The Labute approximate surface area is 149 Å². The lowest BCUT2D eigenvalue weighted by atomic mass is 10.0. The maximum Gasteiger partial charge on any atom is 0.134 e. The summed E-state index contributed by atoms with van der Waals surface area (Å²) in [5.41, 5.74) is 9.41. The van der Waals surface area contributed by atoms with Crippen LogP contribution in [-0.2, 0) is 12.8 Å². The molecular formula is C22H27NO2. The number of aryl methyl sites for hydroxylation is 2. The third kappa shape index (κ3) is 4.64. The van der Waals surface area contributed by atoms with E-state index in [2.05, 4.69) is 49.4 Å². The van der Waals surface area contributed by atoms with Crippen LogP contribution in [0.5, 0.6) is 5.75 Å². The minimum absolute atomic E-state index is 0.0751. The molecule has 3 heteroatoms. The summed E-state index contributed by atoms with van der Waals surface area (Å²) >= 11 is 0. The molecule has 2 N–H and O–H groups in total. The molecule has 0 amide bonds. The molecule has 1 heterocycles. The molecule has 0 aliphatic carbocycles. The predicted octanol–water partition coefficient (Wildman–Crippen LogP) is 5.42. The predicted molar refractivity (Wildman–Crippen MR) is 103 cm³/mol. The van der Waals surface area contributed by atoms with Gasteiger partial charge in [-0.3, -0.25) is 0 Å². The van der Waals surface area contributed by atoms with Gasteiger partial charge in [0.2, 0.25) is 0 Å². The second-order valence-corrected chi connectivity index (χ2v) is 6.66. The second kappa shape index (κ2) is 8.21. The first-order valence-electron chi connectivity index (χ1n) is 9.15. The number of nitrogens with two attached hydrogens (primary N) is 1. The highest BCUT2D eigenvalue weighted by atomic mass is 16.5. The van der Waals surface area contributed by atoms with E-state index >= 15 is 0 Å². The first-order valence-corrected chi connectivity index (χ1v) is 9.15. The van der Waals surface area contributed by atoms with Crippen molar-refractivity contribution in [2.75, 3.05) is 6.61 Å². The van der Waals surface area contributed by atoms with Crippen molar-refractivity contribution in [3.8, 4) is 5.75 Å². The van der Waals surface area contributed by atoms with Gasteiger partial charge in [-0.05, 0) is 61.6 Å². The fraction of sp³-hybridized carbons (Fsp3) is 0.364. The Balaban J connectivity index is 1.60. The molecule has 0 fully saturated rings. The lowest BCUT2D eigenvalue weighted by molar-refractivity contribution is 0.309. The number of ether oxygens (including phenoxy) is 1. The number of hydrogen-bond donors (Lipinski definition) is 1. The number of rotatable bonds is 8. The van der Waals surface area contributed by atoms with Crippen LogP contribution < -0.4 is 10.5 Å². The second-order valence-electron chi connectivity index (χ2n) is 6.66. The van der Waals surface area contributed by atoms with Crippen molar-refractivity contribution >= 4 is 11.0 Å². The van der Waals surface area contributed by atoms with Crippen LogP contribution in [0.15, 0.2) is 52.9 Å². The largest absolute Gasteiger partial charge is 0.494 e. The first kappa shape index (κ1) is 17.6. The number of unbranched alkanes of at least 4 members (excludes halogenated alkanes) is 1. The van der Waals surface area contributed by atoms with Gasteiger partial charge >= 0.3 is 0 Å². The van der Waals surface area contributed by atoms with Crippen molar-refractivity contribution in [2.45, 2.75) is 45.6 Å². The summed E-state index contributed by atoms with van der Waals surface area (Å²) in [5, 5.41) is 1.12. The lowest BCUT2D eigenvalue weighted by Crippen LogP contribution is -2.02. The molecule has 0 aliphatic heterocycles. The van der Waals surface area contributed by atoms with E-state index in [0.717, 1.165) is 54.8 Å². The van der Waals surface area contributed by atoms with Crippen LogP contribution in [0.3, 0.4) is 0 Å². The van der Waals surface area contributed by atoms with E-state index in [0.29, 0.717) is 0 Å². The Hall–Kier alpha value is -2.26. The van der Waals surface area contributed by atoms with Crippen LogP contribution in [0, 0.1) is 0 Å². The van der Waals surface area contributed by atoms with E-state index in [1.165, 1.54) is 11.1 Å². The minimum Gasteiger partial charge on any atom is -0.494 e. The van der Waals surface area contributed by atoms with Crippen molar-refractivity contribution in [3.05, 3.63) is 65.4 Å². The first-order chi connectivity index (χ1) is 12.2. The van der Waals surface area contributed by atoms with Gasteiger partial charge in [0.25, 0.3) is 0 Å². The summed E-state index contributed by atoms with van der Waals surface area (Å²) in [7, 11) is 0. The van der Waals surface area contributed by atoms with Gasteiger partial charge < -0.3 is 14.9 Å². The fourth-order valence-electron chi connectivity index (χ4n) is 2.85. The summed E-state index contributed by atoms with van der Waals surface area (Å²) in [6.45, 7) is 4.90. The molecule has 0 saturated carbocycles. The van der Waals surface area contributed by atoms with E-state index in [1.807, 2.05) is 13.0 Å². The Kier molecular flexibility index (Phi) is 5.77. The average Bonchev–Trinajstić information content (AvgIpc) is 3.05. The van der Waals surface area contributed by atoms with Crippen molar-refractivity contribution in [2.24, 2.45) is 5.73 Å². The standard InChI is InChI=1S/C22H27NO2/c1-3-4-13-24-20-11-8-17(9-12-20)5-6-18-7-10-19-15-21(16(2)23)25-22(19)14-18/h7-12,14-16H,3-6,13,23H2,1-2H3. The van der Waals surface area contributed by atoms with E-state index in [-0.39, 0.29) is 6.04 Å². The van der Waals surface area contributed by atoms with Gasteiger partial charge in [0.1, 0.15) is 17.1 Å². The number of benzene rings is 2. The molecule has 2 aromatic carbocycles. The van der Waals surface area contributed by atoms with Gasteiger partial charge in [-0.2, -0.15) is 0 Å². The summed E-state index contributed by atoms with van der Waals surface area (Å²) in [6, 6.07) is 16.8. The summed E-state index contributed by atoms with van der Waals surface area (Å²) < 4.78 is 11.6. The molecule has 3 nitrogen and oxygen atoms in total. The third-order valence-corrected chi connectivity index (χ3v) is 4.44. The molecule has 3 rings (SSSR count). The van der Waals surface area contributed by atoms with E-state index in [9.17, 15) is 0 Å². The molecule has 0 radical (unpaired) electrons. The summed E-state index contributed by atoms with van der Waals surface area (Å²) in [6.07, 6.45) is 4.24. The van der Waals surface area contributed by atoms with Gasteiger partial charge in [0, 0.05) is 5.39 Å². The number of hydrogen-bond acceptors (Lipinski definition) is 3. The zero-order valence-electron chi connectivity index (χ0n) is 15.1. The quantitative estimate of drug-likeness (QED) is 0.559. The van der Waals surface area contributed by atoms with Gasteiger partial charge in [0.05, 0.1) is 12.6 Å². The third-order valence-electron chi connectivity index (χ3n) is 4.44. The average molecular weight is 337 g/mol. The lowest BCUT2D eigenvalue weighted by Gasteiger charge is -2.07. The zero-order chi connectivity index (χ0) is 17.6. The van der Waals surface area contributed by atoms with Crippen LogP contribution in [0.2, 0.25) is 0 Å². The SMILES string of the molecule is CCCCOc1ccc(CCc2ccc3cc(C(C)N)oc3c2)cc1. The molecule has 132 valence electrons. The van der Waals surface area contributed by atoms with Crippen LogP contribution >= 0.6 is 0 Å². The normalized spacial score (nSPS) is 12.4. The molecule has 1 aromatic heterocycles. The smallest absolute Gasteiger partial charge is 0.134 e. The van der Waals surface area contributed by atoms with Crippen LogP contribution in [0.1, 0.15) is 49.6 Å². The molecule has 0 aliphatic rings. The molecule has 0 saturated heterocycles. The highest BCUT2D eigenvalue weighted by Crippen LogP contribution is 2.24. The minimum atomic E-state index is -0.0751. The Morgan fingerprint density at radius 2 is 1.72 bits per heavy atom. The molecule has 25 heavy (non-hydrogen) atoms. The molecule has 1 unspecified atom stereocenters. The van der Waals surface area contributed by atoms with Crippen LogP contribution in [-0.4, -0.2) is 6.61 Å². The topological polar surface area (TPSA) is 48.4 Å². The van der Waals surface area contributed by atoms with Gasteiger partial charge in [0.15, 0.2) is 0 Å². The molecule has 0 bridgehead atoms. The zero-order valence-corrected chi connectivity index (χ0v) is 15.1. The Morgan fingerprint density at radius 3 is 2.44 bits per heavy atom.